The van der Waals surface area contributed by atoms with Crippen LogP contribution in [-0.4, -0.2) is 16.8 Å². The third-order valence-electron chi connectivity index (χ3n) is 2.81. The number of rotatable bonds is 5. The molecule has 2 rings (SSSR count). The molecule has 108 valence electrons. The molecular weight excluding hydrogens is 270 g/mol. The maximum absolute atomic E-state index is 12.3. The molecule has 5 nitrogen and oxygen atoms in total. The van der Waals surface area contributed by atoms with Gasteiger partial charge in [0.1, 0.15) is 5.75 Å². The maximum Gasteiger partial charge on any atom is 0.270 e. The fourth-order valence-electron chi connectivity index (χ4n) is 1.88. The molecule has 0 radical (unpaired) electrons. The maximum atomic E-state index is 12.3. The molecule has 0 fully saturated rings. The lowest BCUT2D eigenvalue weighted by atomic mass is 10.0. The van der Waals surface area contributed by atoms with Gasteiger partial charge in [-0.15, -0.1) is 0 Å². The Morgan fingerprint density at radius 3 is 2.33 bits per heavy atom. The molecule has 0 bridgehead atoms. The molecule has 0 aliphatic carbocycles. The number of ether oxygens (including phenoxy) is 1. The van der Waals surface area contributed by atoms with Gasteiger partial charge in [0.15, 0.2) is 5.78 Å². The first kappa shape index (κ1) is 14.7. The van der Waals surface area contributed by atoms with E-state index in [0.717, 1.165) is 0 Å². The van der Waals surface area contributed by atoms with Crippen molar-refractivity contribution in [2.45, 2.75) is 20.0 Å². The summed E-state index contributed by atoms with van der Waals surface area (Å²) in [5, 5.41) is 10.7. The van der Waals surface area contributed by atoms with Gasteiger partial charge in [0.25, 0.3) is 5.69 Å². The van der Waals surface area contributed by atoms with E-state index < -0.39 is 4.92 Å². The van der Waals surface area contributed by atoms with Crippen molar-refractivity contribution >= 4 is 11.5 Å². The van der Waals surface area contributed by atoms with Gasteiger partial charge in [-0.05, 0) is 38.1 Å². The fourth-order valence-corrected chi connectivity index (χ4v) is 1.88. The van der Waals surface area contributed by atoms with Crippen molar-refractivity contribution in [3.63, 3.8) is 0 Å². The van der Waals surface area contributed by atoms with Crippen LogP contribution in [0.25, 0.3) is 0 Å². The predicted molar refractivity (Wildman–Crippen MR) is 78.7 cm³/mol. The quantitative estimate of drug-likeness (QED) is 0.478. The zero-order chi connectivity index (χ0) is 15.4. The van der Waals surface area contributed by atoms with Crippen molar-refractivity contribution in [2.24, 2.45) is 0 Å². The average Bonchev–Trinajstić information content (AvgIpc) is 2.47. The van der Waals surface area contributed by atoms with E-state index in [2.05, 4.69) is 0 Å². The van der Waals surface area contributed by atoms with Crippen molar-refractivity contribution in [3.05, 3.63) is 69.8 Å². The average molecular weight is 285 g/mol. The SMILES string of the molecule is CC(C)Oc1ccc(C(=O)c2cccc([N+](=O)[O-])c2)cc1. The summed E-state index contributed by atoms with van der Waals surface area (Å²) in [6.07, 6.45) is 0.0586. The summed E-state index contributed by atoms with van der Waals surface area (Å²) in [7, 11) is 0. The number of benzene rings is 2. The molecular formula is C16H15NO4. The molecule has 0 amide bonds. The number of nitrogens with zero attached hydrogens (tertiary/aromatic N) is 1. The Morgan fingerprint density at radius 2 is 1.76 bits per heavy atom. The highest BCUT2D eigenvalue weighted by Crippen LogP contribution is 2.19. The summed E-state index contributed by atoms with van der Waals surface area (Å²) < 4.78 is 5.50. The highest BCUT2D eigenvalue weighted by atomic mass is 16.6. The Hall–Kier alpha value is -2.69. The summed E-state index contributed by atoms with van der Waals surface area (Å²) in [5.41, 5.74) is 0.661. The lowest BCUT2D eigenvalue weighted by Crippen LogP contribution is -2.06. The molecule has 0 atom stereocenters. The molecule has 0 aromatic heterocycles. The van der Waals surface area contributed by atoms with Crippen LogP contribution in [0.4, 0.5) is 5.69 Å². The zero-order valence-corrected chi connectivity index (χ0v) is 11.8. The van der Waals surface area contributed by atoms with Crippen molar-refractivity contribution in [2.75, 3.05) is 0 Å². The fraction of sp³-hybridized carbons (Fsp3) is 0.188. The first-order valence-electron chi connectivity index (χ1n) is 6.53. The smallest absolute Gasteiger partial charge is 0.270 e. The van der Waals surface area contributed by atoms with Crippen LogP contribution < -0.4 is 4.74 Å². The Kier molecular flexibility index (Phi) is 4.33. The van der Waals surface area contributed by atoms with Gasteiger partial charge in [-0.2, -0.15) is 0 Å². The van der Waals surface area contributed by atoms with Crippen LogP contribution in [0.3, 0.4) is 0 Å². The molecule has 5 heteroatoms. The largest absolute Gasteiger partial charge is 0.491 e. The third kappa shape index (κ3) is 3.66. The van der Waals surface area contributed by atoms with Gasteiger partial charge in [-0.1, -0.05) is 12.1 Å². The topological polar surface area (TPSA) is 69.4 Å². The predicted octanol–water partition coefficient (Wildman–Crippen LogP) is 3.61. The van der Waals surface area contributed by atoms with E-state index in [4.69, 9.17) is 4.74 Å². The first-order valence-corrected chi connectivity index (χ1v) is 6.53. The van der Waals surface area contributed by atoms with E-state index in [1.54, 1.807) is 30.3 Å². The van der Waals surface area contributed by atoms with Crippen LogP contribution in [0.15, 0.2) is 48.5 Å². The lowest BCUT2D eigenvalue weighted by Gasteiger charge is -2.09. The Labute approximate surface area is 122 Å². The van der Waals surface area contributed by atoms with Crippen molar-refractivity contribution < 1.29 is 14.5 Å². The number of carbonyl (C=O) groups excluding carboxylic acids is 1. The van der Waals surface area contributed by atoms with Crippen LogP contribution in [-0.2, 0) is 0 Å². The second-order valence-corrected chi connectivity index (χ2v) is 4.83. The van der Waals surface area contributed by atoms with Crippen LogP contribution in [0, 0.1) is 10.1 Å². The van der Waals surface area contributed by atoms with E-state index in [0.29, 0.717) is 16.9 Å². The van der Waals surface area contributed by atoms with Gasteiger partial charge < -0.3 is 4.74 Å². The molecule has 0 unspecified atom stereocenters. The van der Waals surface area contributed by atoms with Gasteiger partial charge in [0, 0.05) is 23.3 Å². The van der Waals surface area contributed by atoms with Gasteiger partial charge in [0.2, 0.25) is 0 Å². The van der Waals surface area contributed by atoms with Crippen LogP contribution in [0.2, 0.25) is 0 Å². The number of nitro benzene ring substituents is 1. The number of ketones is 1. The number of carbonyl (C=O) groups is 1. The minimum Gasteiger partial charge on any atom is -0.491 e. The molecule has 0 heterocycles. The van der Waals surface area contributed by atoms with Crippen molar-refractivity contribution in [1.82, 2.24) is 0 Å². The number of hydrogen-bond acceptors (Lipinski definition) is 4. The minimum atomic E-state index is -0.518. The van der Waals surface area contributed by atoms with Gasteiger partial charge in [-0.25, -0.2) is 0 Å². The number of hydrogen-bond donors (Lipinski definition) is 0. The first-order chi connectivity index (χ1) is 9.97. The van der Waals surface area contributed by atoms with E-state index in [1.807, 2.05) is 13.8 Å². The number of nitro groups is 1. The number of non-ortho nitro benzene ring substituents is 1. The van der Waals surface area contributed by atoms with Crippen molar-refractivity contribution in [3.8, 4) is 5.75 Å². The van der Waals surface area contributed by atoms with E-state index >= 15 is 0 Å². The van der Waals surface area contributed by atoms with E-state index in [-0.39, 0.29) is 17.6 Å². The monoisotopic (exact) mass is 285 g/mol. The van der Waals surface area contributed by atoms with Gasteiger partial charge in [0.05, 0.1) is 11.0 Å². The van der Waals surface area contributed by atoms with Gasteiger partial charge in [-0.3, -0.25) is 14.9 Å². The summed E-state index contributed by atoms with van der Waals surface area (Å²) in [6, 6.07) is 12.4. The second kappa shape index (κ2) is 6.17. The molecule has 2 aromatic rings. The minimum absolute atomic E-state index is 0.0586. The van der Waals surface area contributed by atoms with E-state index in [1.165, 1.54) is 18.2 Å². The summed E-state index contributed by atoms with van der Waals surface area (Å²) in [6.45, 7) is 3.84. The van der Waals surface area contributed by atoms with E-state index in [9.17, 15) is 14.9 Å². The highest BCUT2D eigenvalue weighted by molar-refractivity contribution is 6.09. The summed E-state index contributed by atoms with van der Waals surface area (Å²) in [5.74, 6) is 0.426. The molecule has 21 heavy (non-hydrogen) atoms. The molecule has 0 saturated heterocycles. The normalized spacial score (nSPS) is 10.4. The molecule has 0 N–H and O–H groups in total. The van der Waals surface area contributed by atoms with Crippen LogP contribution in [0.5, 0.6) is 5.75 Å². The lowest BCUT2D eigenvalue weighted by molar-refractivity contribution is -0.384. The standard InChI is InChI=1S/C16H15NO4/c1-11(2)21-15-8-6-12(7-9-15)16(18)13-4-3-5-14(10-13)17(19)20/h3-11H,1-2H3. The summed E-state index contributed by atoms with van der Waals surface area (Å²) in [4.78, 5) is 22.5. The van der Waals surface area contributed by atoms with Gasteiger partial charge >= 0.3 is 0 Å². The highest BCUT2D eigenvalue weighted by Gasteiger charge is 2.13. The summed E-state index contributed by atoms with van der Waals surface area (Å²) >= 11 is 0. The molecule has 0 spiro atoms. The Balaban J connectivity index is 2.23. The zero-order valence-electron chi connectivity index (χ0n) is 11.8. The third-order valence-corrected chi connectivity index (χ3v) is 2.81. The van der Waals surface area contributed by atoms with Crippen LogP contribution >= 0.6 is 0 Å². The van der Waals surface area contributed by atoms with Crippen molar-refractivity contribution in [1.29, 1.82) is 0 Å². The van der Waals surface area contributed by atoms with Crippen LogP contribution in [0.1, 0.15) is 29.8 Å². The Bertz CT molecular complexity index is 662. The molecule has 2 aromatic carbocycles. The molecule has 0 aliphatic rings. The second-order valence-electron chi connectivity index (χ2n) is 4.83. The molecule has 0 saturated carbocycles. The Morgan fingerprint density at radius 1 is 1.10 bits per heavy atom. The molecule has 0 aliphatic heterocycles.